The molecule has 0 saturated carbocycles. The molecule has 0 aliphatic carbocycles. The van der Waals surface area contributed by atoms with Crippen LogP contribution >= 0.6 is 38.9 Å². The summed E-state index contributed by atoms with van der Waals surface area (Å²) in [6.45, 7) is 0. The molecule has 6 heteroatoms. The number of hydrogen-bond donors (Lipinski definition) is 1. The van der Waals surface area contributed by atoms with Gasteiger partial charge in [0, 0.05) is 21.8 Å². The van der Waals surface area contributed by atoms with E-state index in [0.717, 1.165) is 6.07 Å². The van der Waals surface area contributed by atoms with Gasteiger partial charge in [-0.3, -0.25) is 0 Å². The van der Waals surface area contributed by atoms with E-state index in [2.05, 4.69) is 15.9 Å². The molecule has 96 valence electrons. The van der Waals surface area contributed by atoms with E-state index < -0.39 is 17.7 Å². The maximum absolute atomic E-state index is 13.0. The van der Waals surface area contributed by atoms with Crippen LogP contribution in [0.4, 0.5) is 8.78 Å². The number of rotatable bonds is 3. The first-order valence-electron chi connectivity index (χ1n) is 5.03. The van der Waals surface area contributed by atoms with Crippen molar-refractivity contribution in [2.24, 2.45) is 0 Å². The summed E-state index contributed by atoms with van der Waals surface area (Å²) in [4.78, 5) is 0.650. The van der Waals surface area contributed by atoms with Crippen molar-refractivity contribution in [3.63, 3.8) is 0 Å². The van der Waals surface area contributed by atoms with E-state index in [0.29, 0.717) is 19.2 Å². The van der Waals surface area contributed by atoms with Gasteiger partial charge in [-0.25, -0.2) is 8.78 Å². The van der Waals surface area contributed by atoms with Crippen LogP contribution in [0.15, 0.2) is 28.7 Å². The Morgan fingerprint density at radius 1 is 1.22 bits per heavy atom. The number of aliphatic hydroxyl groups is 1. The number of aliphatic hydroxyl groups excluding tert-OH is 1. The van der Waals surface area contributed by atoms with Crippen LogP contribution < -0.4 is 0 Å². The minimum absolute atomic E-state index is 0.137. The lowest BCUT2D eigenvalue weighted by Gasteiger charge is -2.08. The Bertz CT molecular complexity index is 533. The summed E-state index contributed by atoms with van der Waals surface area (Å²) >= 11 is 10.3. The van der Waals surface area contributed by atoms with Crippen molar-refractivity contribution < 1.29 is 13.9 Å². The molecule has 0 fully saturated rings. The molecule has 1 aromatic heterocycles. The number of hydrogen-bond acceptors (Lipinski definition) is 2. The van der Waals surface area contributed by atoms with Crippen LogP contribution in [-0.4, -0.2) is 5.11 Å². The second-order valence-electron chi connectivity index (χ2n) is 3.77. The van der Waals surface area contributed by atoms with Gasteiger partial charge in [0.25, 0.3) is 0 Å². The largest absolute Gasteiger partial charge is 0.387 e. The van der Waals surface area contributed by atoms with Crippen molar-refractivity contribution in [2.45, 2.75) is 12.5 Å². The minimum atomic E-state index is -0.833. The van der Waals surface area contributed by atoms with Gasteiger partial charge in [-0.1, -0.05) is 11.6 Å². The van der Waals surface area contributed by atoms with Gasteiger partial charge in [-0.05, 0) is 39.7 Å². The summed E-state index contributed by atoms with van der Waals surface area (Å²) in [6, 6.07) is 4.91. The number of benzene rings is 1. The van der Waals surface area contributed by atoms with E-state index in [4.69, 9.17) is 11.6 Å². The molecule has 0 amide bonds. The van der Waals surface area contributed by atoms with Gasteiger partial charge in [0.05, 0.1) is 6.10 Å². The summed E-state index contributed by atoms with van der Waals surface area (Å²) in [5.41, 5.74) is 0.403. The second-order valence-corrected chi connectivity index (χ2v) is 6.31. The van der Waals surface area contributed by atoms with Gasteiger partial charge in [0.1, 0.15) is 16.0 Å². The van der Waals surface area contributed by atoms with Gasteiger partial charge in [0.15, 0.2) is 0 Å². The fourth-order valence-electron chi connectivity index (χ4n) is 1.58. The lowest BCUT2D eigenvalue weighted by molar-refractivity contribution is 0.182. The molecule has 0 bridgehead atoms. The second kappa shape index (κ2) is 5.65. The maximum Gasteiger partial charge on any atom is 0.126 e. The molecule has 1 heterocycles. The lowest BCUT2D eigenvalue weighted by Crippen LogP contribution is -2.00. The summed E-state index contributed by atoms with van der Waals surface area (Å²) in [5, 5.41) is 9.98. The molecule has 2 rings (SSSR count). The van der Waals surface area contributed by atoms with Crippen LogP contribution in [0.25, 0.3) is 0 Å². The van der Waals surface area contributed by atoms with Gasteiger partial charge >= 0.3 is 0 Å². The third-order valence-electron chi connectivity index (χ3n) is 2.34. The highest BCUT2D eigenvalue weighted by Crippen LogP contribution is 2.36. The molecule has 1 unspecified atom stereocenters. The van der Waals surface area contributed by atoms with Crippen molar-refractivity contribution in [3.05, 3.63) is 55.1 Å². The number of thiophene rings is 1. The average Bonchev–Trinajstić information content (AvgIpc) is 2.57. The van der Waals surface area contributed by atoms with E-state index in [1.807, 2.05) is 0 Å². The molecular weight excluding hydrogens is 346 g/mol. The predicted molar refractivity (Wildman–Crippen MR) is 72.1 cm³/mol. The van der Waals surface area contributed by atoms with E-state index >= 15 is 0 Å². The molecule has 0 aliphatic rings. The quantitative estimate of drug-likeness (QED) is 0.846. The topological polar surface area (TPSA) is 20.2 Å². The summed E-state index contributed by atoms with van der Waals surface area (Å²) in [5.74, 6) is -1.30. The normalized spacial score (nSPS) is 12.7. The lowest BCUT2D eigenvalue weighted by atomic mass is 10.1. The predicted octanol–water partition coefficient (Wildman–Crippen LogP) is 4.72. The first-order chi connectivity index (χ1) is 8.45. The van der Waals surface area contributed by atoms with Gasteiger partial charge < -0.3 is 5.11 Å². The third kappa shape index (κ3) is 3.29. The van der Waals surface area contributed by atoms with Crippen molar-refractivity contribution in [1.82, 2.24) is 0 Å². The fourth-order valence-corrected chi connectivity index (χ4v) is 3.30. The molecule has 0 aliphatic heterocycles. The zero-order valence-electron chi connectivity index (χ0n) is 8.96. The molecule has 1 N–H and O–H groups in total. The van der Waals surface area contributed by atoms with Crippen molar-refractivity contribution in [2.75, 3.05) is 0 Å². The first kappa shape index (κ1) is 13.9. The van der Waals surface area contributed by atoms with Crippen LogP contribution in [0.5, 0.6) is 0 Å². The van der Waals surface area contributed by atoms with Crippen molar-refractivity contribution in [3.8, 4) is 0 Å². The molecule has 0 radical (unpaired) electrons. The SMILES string of the molecule is OC(Cc1cc(F)cc(F)c1)c1cc(Br)c(Cl)s1. The van der Waals surface area contributed by atoms with Crippen LogP contribution in [0.1, 0.15) is 16.5 Å². The van der Waals surface area contributed by atoms with E-state index in [9.17, 15) is 13.9 Å². The average molecular weight is 354 g/mol. The Morgan fingerprint density at radius 2 is 1.83 bits per heavy atom. The highest BCUT2D eigenvalue weighted by molar-refractivity contribution is 9.10. The molecule has 2 aromatic rings. The zero-order valence-corrected chi connectivity index (χ0v) is 12.1. The Kier molecular flexibility index (Phi) is 4.37. The monoisotopic (exact) mass is 352 g/mol. The maximum atomic E-state index is 13.0. The molecule has 0 saturated heterocycles. The Morgan fingerprint density at radius 3 is 2.33 bits per heavy atom. The third-order valence-corrected chi connectivity index (χ3v) is 4.92. The zero-order chi connectivity index (χ0) is 13.3. The van der Waals surface area contributed by atoms with Crippen LogP contribution in [-0.2, 0) is 6.42 Å². The number of halogens is 4. The van der Waals surface area contributed by atoms with Crippen molar-refractivity contribution >= 4 is 38.9 Å². The minimum Gasteiger partial charge on any atom is -0.387 e. The summed E-state index contributed by atoms with van der Waals surface area (Å²) < 4.78 is 27.2. The van der Waals surface area contributed by atoms with Crippen molar-refractivity contribution in [1.29, 1.82) is 0 Å². The highest BCUT2D eigenvalue weighted by atomic mass is 79.9. The molecule has 1 nitrogen and oxygen atoms in total. The first-order valence-corrected chi connectivity index (χ1v) is 7.02. The van der Waals surface area contributed by atoms with E-state index in [1.165, 1.54) is 23.5 Å². The summed E-state index contributed by atoms with van der Waals surface area (Å²) in [7, 11) is 0. The van der Waals surface area contributed by atoms with Crippen LogP contribution in [0.2, 0.25) is 4.34 Å². The van der Waals surface area contributed by atoms with Gasteiger partial charge in [-0.15, -0.1) is 11.3 Å². The molecular formula is C12H8BrClF2OS. The Hall–Kier alpha value is -0.490. The molecule has 18 heavy (non-hydrogen) atoms. The fraction of sp³-hybridized carbons (Fsp3) is 0.167. The van der Waals surface area contributed by atoms with E-state index in [-0.39, 0.29) is 6.42 Å². The standard InChI is InChI=1S/C12H8BrClF2OS/c13-9-5-11(18-12(9)14)10(17)3-6-1-7(15)4-8(16)2-6/h1-2,4-5,10,17H,3H2. The molecule has 1 atom stereocenters. The van der Waals surface area contributed by atoms with Crippen LogP contribution in [0, 0.1) is 11.6 Å². The molecule has 1 aromatic carbocycles. The highest BCUT2D eigenvalue weighted by Gasteiger charge is 2.14. The van der Waals surface area contributed by atoms with E-state index in [1.54, 1.807) is 6.07 Å². The van der Waals surface area contributed by atoms with Gasteiger partial charge in [-0.2, -0.15) is 0 Å². The van der Waals surface area contributed by atoms with Crippen LogP contribution in [0.3, 0.4) is 0 Å². The molecule has 0 spiro atoms. The Balaban J connectivity index is 2.18. The summed E-state index contributed by atoms with van der Waals surface area (Å²) in [6.07, 6.45) is -0.696. The Labute approximate surface area is 120 Å². The smallest absolute Gasteiger partial charge is 0.126 e. The van der Waals surface area contributed by atoms with Gasteiger partial charge in [0.2, 0.25) is 0 Å².